The van der Waals surface area contributed by atoms with Gasteiger partial charge in [0.05, 0.1) is 6.54 Å². The van der Waals surface area contributed by atoms with E-state index in [2.05, 4.69) is 0 Å². The molecule has 1 atom stereocenters. The number of rotatable bonds is 5. The largest absolute Gasteiger partial charge is 0.367 e. The van der Waals surface area contributed by atoms with Gasteiger partial charge in [-0.05, 0) is 18.6 Å². The SMILES string of the molecule is CCC(C)C(=O)CN(C)c1ccccc1. The number of carbonyl (C=O) groups is 1. The van der Waals surface area contributed by atoms with Gasteiger partial charge in [-0.1, -0.05) is 32.0 Å². The number of para-hydroxylation sites is 1. The van der Waals surface area contributed by atoms with Crippen molar-refractivity contribution in [2.45, 2.75) is 20.3 Å². The van der Waals surface area contributed by atoms with Gasteiger partial charge in [0.1, 0.15) is 0 Å². The smallest absolute Gasteiger partial charge is 0.154 e. The molecule has 1 unspecified atom stereocenters. The third-order valence-electron chi connectivity index (χ3n) is 2.75. The number of benzene rings is 1. The Morgan fingerprint density at radius 1 is 1.33 bits per heavy atom. The quantitative estimate of drug-likeness (QED) is 0.736. The molecule has 15 heavy (non-hydrogen) atoms. The number of likely N-dealkylation sites (N-methyl/N-ethyl adjacent to an activating group) is 1. The molecule has 0 radical (unpaired) electrons. The van der Waals surface area contributed by atoms with E-state index in [9.17, 15) is 4.79 Å². The van der Waals surface area contributed by atoms with Crippen LogP contribution in [0.3, 0.4) is 0 Å². The molecule has 1 aromatic rings. The molecule has 0 N–H and O–H groups in total. The zero-order chi connectivity index (χ0) is 11.3. The van der Waals surface area contributed by atoms with Gasteiger partial charge < -0.3 is 4.90 Å². The van der Waals surface area contributed by atoms with Crippen LogP contribution in [0.5, 0.6) is 0 Å². The van der Waals surface area contributed by atoms with Gasteiger partial charge in [-0.3, -0.25) is 4.79 Å². The molecule has 0 heterocycles. The minimum atomic E-state index is 0.163. The number of Topliss-reactive ketones (excluding diaryl/α,β-unsaturated/α-hetero) is 1. The van der Waals surface area contributed by atoms with Crippen LogP contribution in [0.4, 0.5) is 5.69 Å². The normalized spacial score (nSPS) is 12.2. The van der Waals surface area contributed by atoms with E-state index >= 15 is 0 Å². The molecule has 2 heteroatoms. The van der Waals surface area contributed by atoms with E-state index in [0.29, 0.717) is 12.3 Å². The summed E-state index contributed by atoms with van der Waals surface area (Å²) in [7, 11) is 1.95. The van der Waals surface area contributed by atoms with Gasteiger partial charge in [0.15, 0.2) is 5.78 Å². The molecule has 1 rings (SSSR count). The lowest BCUT2D eigenvalue weighted by atomic mass is 10.0. The van der Waals surface area contributed by atoms with Crippen LogP contribution in [0.2, 0.25) is 0 Å². The molecule has 0 saturated heterocycles. The molecule has 0 fully saturated rings. The van der Waals surface area contributed by atoms with Crippen molar-refractivity contribution < 1.29 is 4.79 Å². The third-order valence-corrected chi connectivity index (χ3v) is 2.75. The van der Waals surface area contributed by atoms with Crippen LogP contribution in [0.25, 0.3) is 0 Å². The predicted molar refractivity (Wildman–Crippen MR) is 64.2 cm³/mol. The number of hydrogen-bond donors (Lipinski definition) is 0. The van der Waals surface area contributed by atoms with E-state index in [0.717, 1.165) is 12.1 Å². The van der Waals surface area contributed by atoms with Crippen LogP contribution in [-0.4, -0.2) is 19.4 Å². The Hall–Kier alpha value is -1.31. The summed E-state index contributed by atoms with van der Waals surface area (Å²) in [5, 5.41) is 0. The molecule has 2 nitrogen and oxygen atoms in total. The highest BCUT2D eigenvalue weighted by Crippen LogP contribution is 2.12. The lowest BCUT2D eigenvalue weighted by Gasteiger charge is -2.20. The molecular weight excluding hydrogens is 186 g/mol. The average Bonchev–Trinajstić information content (AvgIpc) is 2.29. The van der Waals surface area contributed by atoms with Crippen LogP contribution >= 0.6 is 0 Å². The van der Waals surface area contributed by atoms with E-state index in [-0.39, 0.29) is 5.92 Å². The van der Waals surface area contributed by atoms with Gasteiger partial charge in [0.2, 0.25) is 0 Å². The number of anilines is 1. The second kappa shape index (κ2) is 5.54. The zero-order valence-electron chi connectivity index (χ0n) is 9.73. The lowest BCUT2D eigenvalue weighted by molar-refractivity contribution is -0.121. The summed E-state index contributed by atoms with van der Waals surface area (Å²) in [4.78, 5) is 13.7. The van der Waals surface area contributed by atoms with E-state index in [1.807, 2.05) is 56.1 Å². The van der Waals surface area contributed by atoms with Crippen molar-refractivity contribution >= 4 is 11.5 Å². The van der Waals surface area contributed by atoms with Crippen LogP contribution in [0.15, 0.2) is 30.3 Å². The van der Waals surface area contributed by atoms with Gasteiger partial charge in [-0.2, -0.15) is 0 Å². The van der Waals surface area contributed by atoms with Gasteiger partial charge in [-0.25, -0.2) is 0 Å². The zero-order valence-corrected chi connectivity index (χ0v) is 9.73. The van der Waals surface area contributed by atoms with Gasteiger partial charge >= 0.3 is 0 Å². The molecule has 0 aromatic heterocycles. The highest BCUT2D eigenvalue weighted by Gasteiger charge is 2.12. The van der Waals surface area contributed by atoms with Crippen LogP contribution in [0, 0.1) is 5.92 Å². The number of nitrogens with zero attached hydrogens (tertiary/aromatic N) is 1. The first-order valence-corrected chi connectivity index (χ1v) is 5.44. The van der Waals surface area contributed by atoms with Gasteiger partial charge in [0, 0.05) is 18.7 Å². The standard InChI is InChI=1S/C13H19NO/c1-4-11(2)13(15)10-14(3)12-8-6-5-7-9-12/h5-9,11H,4,10H2,1-3H3. The number of ketones is 1. The fourth-order valence-corrected chi connectivity index (χ4v) is 1.39. The van der Waals surface area contributed by atoms with E-state index < -0.39 is 0 Å². The topological polar surface area (TPSA) is 20.3 Å². The highest BCUT2D eigenvalue weighted by atomic mass is 16.1. The van der Waals surface area contributed by atoms with Crippen molar-refractivity contribution in [3.63, 3.8) is 0 Å². The van der Waals surface area contributed by atoms with Crippen LogP contribution in [-0.2, 0) is 4.79 Å². The molecule has 0 amide bonds. The molecule has 0 aliphatic heterocycles. The number of hydrogen-bond acceptors (Lipinski definition) is 2. The Kier molecular flexibility index (Phi) is 4.35. The molecule has 0 aliphatic rings. The Morgan fingerprint density at radius 3 is 2.47 bits per heavy atom. The summed E-state index contributed by atoms with van der Waals surface area (Å²) < 4.78 is 0. The molecule has 82 valence electrons. The minimum absolute atomic E-state index is 0.163. The van der Waals surface area contributed by atoms with Crippen molar-refractivity contribution in [1.82, 2.24) is 0 Å². The summed E-state index contributed by atoms with van der Waals surface area (Å²) >= 11 is 0. The predicted octanol–water partition coefficient (Wildman–Crippen LogP) is 2.74. The number of carbonyl (C=O) groups excluding carboxylic acids is 1. The molecule has 1 aromatic carbocycles. The molecular formula is C13H19NO. The van der Waals surface area contributed by atoms with Gasteiger partial charge in [-0.15, -0.1) is 0 Å². The van der Waals surface area contributed by atoms with Crippen LogP contribution in [0.1, 0.15) is 20.3 Å². The van der Waals surface area contributed by atoms with Crippen molar-refractivity contribution in [3.05, 3.63) is 30.3 Å². The van der Waals surface area contributed by atoms with Crippen LogP contribution < -0.4 is 4.90 Å². The first kappa shape index (κ1) is 11.8. The fraction of sp³-hybridized carbons (Fsp3) is 0.462. The van der Waals surface area contributed by atoms with E-state index in [1.54, 1.807) is 0 Å². The molecule has 0 spiro atoms. The molecule has 0 saturated carbocycles. The van der Waals surface area contributed by atoms with Crippen molar-refractivity contribution in [1.29, 1.82) is 0 Å². The maximum Gasteiger partial charge on any atom is 0.154 e. The molecule has 0 aliphatic carbocycles. The Balaban J connectivity index is 2.56. The summed E-state index contributed by atoms with van der Waals surface area (Å²) in [6.45, 7) is 4.53. The highest BCUT2D eigenvalue weighted by molar-refractivity contribution is 5.85. The second-order valence-electron chi connectivity index (χ2n) is 3.97. The monoisotopic (exact) mass is 205 g/mol. The lowest BCUT2D eigenvalue weighted by Crippen LogP contribution is -2.28. The Morgan fingerprint density at radius 2 is 1.93 bits per heavy atom. The summed E-state index contributed by atoms with van der Waals surface area (Å²) in [5.41, 5.74) is 1.09. The molecule has 0 bridgehead atoms. The average molecular weight is 205 g/mol. The maximum absolute atomic E-state index is 11.7. The van der Waals surface area contributed by atoms with E-state index in [4.69, 9.17) is 0 Å². The van der Waals surface area contributed by atoms with Crippen molar-refractivity contribution in [2.24, 2.45) is 5.92 Å². The first-order chi connectivity index (χ1) is 7.15. The summed E-state index contributed by atoms with van der Waals surface area (Å²) in [6.07, 6.45) is 0.918. The summed E-state index contributed by atoms with van der Waals surface area (Å²) in [5.74, 6) is 0.472. The van der Waals surface area contributed by atoms with Gasteiger partial charge in [0.25, 0.3) is 0 Å². The summed E-state index contributed by atoms with van der Waals surface area (Å²) in [6, 6.07) is 9.99. The maximum atomic E-state index is 11.7. The minimum Gasteiger partial charge on any atom is -0.367 e. The van der Waals surface area contributed by atoms with Crippen molar-refractivity contribution in [3.8, 4) is 0 Å². The third kappa shape index (κ3) is 3.39. The Labute approximate surface area is 91.9 Å². The van der Waals surface area contributed by atoms with Crippen molar-refractivity contribution in [2.75, 3.05) is 18.5 Å². The second-order valence-corrected chi connectivity index (χ2v) is 3.97. The Bertz CT molecular complexity index is 308. The first-order valence-electron chi connectivity index (χ1n) is 5.44. The fourth-order valence-electron chi connectivity index (χ4n) is 1.39. The van der Waals surface area contributed by atoms with E-state index in [1.165, 1.54) is 0 Å².